The molecule has 1 heterocycles. The summed E-state index contributed by atoms with van der Waals surface area (Å²) >= 11 is 0. The summed E-state index contributed by atoms with van der Waals surface area (Å²) < 4.78 is 14.0. The van der Waals surface area contributed by atoms with Crippen LogP contribution >= 0.6 is 0 Å². The lowest BCUT2D eigenvalue weighted by Crippen LogP contribution is -2.45. The monoisotopic (exact) mass is 280 g/mol. The molecule has 1 saturated heterocycles. The zero-order valence-electron chi connectivity index (χ0n) is 11.9. The normalized spacial score (nSPS) is 20.5. The van der Waals surface area contributed by atoms with Gasteiger partial charge in [0.05, 0.1) is 11.3 Å². The molecular weight excluding hydrogens is 259 g/mol. The fraction of sp³-hybridized carbons (Fsp3) is 0.500. The van der Waals surface area contributed by atoms with Crippen LogP contribution in [-0.2, 0) is 0 Å². The Labute approximate surface area is 118 Å². The average Bonchev–Trinajstić information content (AvgIpc) is 2.46. The third kappa shape index (κ3) is 2.85. The smallest absolute Gasteiger partial charge is 0.175 e. The summed E-state index contributed by atoms with van der Waals surface area (Å²) in [5.41, 5.74) is 6.48. The summed E-state index contributed by atoms with van der Waals surface area (Å²) in [5.74, 6) is -0.658. The Morgan fingerprint density at radius 1 is 1.50 bits per heavy atom. The van der Waals surface area contributed by atoms with Crippen LogP contribution < -0.4 is 10.6 Å². The van der Waals surface area contributed by atoms with E-state index in [2.05, 4.69) is 15.0 Å². The van der Waals surface area contributed by atoms with Gasteiger partial charge in [0.15, 0.2) is 5.84 Å². The third-order valence-corrected chi connectivity index (χ3v) is 3.82. The molecule has 0 aliphatic carbocycles. The predicted octanol–water partition coefficient (Wildman–Crippen LogP) is 1.45. The third-order valence-electron chi connectivity index (χ3n) is 3.82. The first kappa shape index (κ1) is 14.6. The number of piperidine rings is 1. The number of rotatable bonds is 3. The van der Waals surface area contributed by atoms with Gasteiger partial charge in [-0.25, -0.2) is 4.39 Å². The van der Waals surface area contributed by atoms with Crippen LogP contribution in [0.2, 0.25) is 0 Å². The second-order valence-corrected chi connectivity index (χ2v) is 5.32. The van der Waals surface area contributed by atoms with Crippen molar-refractivity contribution in [1.82, 2.24) is 4.90 Å². The summed E-state index contributed by atoms with van der Waals surface area (Å²) in [5, 5.41) is 11.8. The zero-order chi connectivity index (χ0) is 14.7. The van der Waals surface area contributed by atoms with Crippen LogP contribution in [0, 0.1) is 5.82 Å². The molecule has 3 N–H and O–H groups in total. The zero-order valence-corrected chi connectivity index (χ0v) is 11.9. The fourth-order valence-electron chi connectivity index (χ4n) is 2.67. The minimum Gasteiger partial charge on any atom is -0.409 e. The van der Waals surface area contributed by atoms with Gasteiger partial charge in [0.2, 0.25) is 0 Å². The van der Waals surface area contributed by atoms with Gasteiger partial charge in [0.25, 0.3) is 0 Å². The number of benzene rings is 1. The van der Waals surface area contributed by atoms with Crippen LogP contribution in [0.4, 0.5) is 10.1 Å². The maximum Gasteiger partial charge on any atom is 0.175 e. The van der Waals surface area contributed by atoms with Gasteiger partial charge in [-0.1, -0.05) is 11.2 Å². The van der Waals surface area contributed by atoms with E-state index in [1.807, 2.05) is 20.2 Å². The number of nitrogens with zero attached hydrogens (tertiary/aromatic N) is 3. The predicted molar refractivity (Wildman–Crippen MR) is 77.8 cm³/mol. The number of likely N-dealkylation sites (N-methyl/N-ethyl adjacent to an activating group) is 1. The molecule has 1 unspecified atom stereocenters. The highest BCUT2D eigenvalue weighted by Gasteiger charge is 2.25. The molecule has 110 valence electrons. The Morgan fingerprint density at radius 3 is 2.90 bits per heavy atom. The van der Waals surface area contributed by atoms with E-state index in [0.29, 0.717) is 11.7 Å². The number of anilines is 1. The van der Waals surface area contributed by atoms with E-state index in [1.54, 1.807) is 6.07 Å². The first-order valence-corrected chi connectivity index (χ1v) is 6.72. The molecule has 0 amide bonds. The summed E-state index contributed by atoms with van der Waals surface area (Å²) in [6.45, 7) is 1.65. The van der Waals surface area contributed by atoms with E-state index < -0.39 is 5.82 Å². The van der Waals surface area contributed by atoms with Gasteiger partial charge < -0.3 is 20.7 Å². The van der Waals surface area contributed by atoms with Crippen LogP contribution in [0.5, 0.6) is 0 Å². The van der Waals surface area contributed by atoms with Crippen molar-refractivity contribution in [2.75, 3.05) is 32.1 Å². The number of halogens is 1. The lowest BCUT2D eigenvalue weighted by atomic mass is 10.0. The first-order chi connectivity index (χ1) is 9.54. The van der Waals surface area contributed by atoms with Crippen LogP contribution in [0.25, 0.3) is 0 Å². The van der Waals surface area contributed by atoms with Crippen molar-refractivity contribution in [3.8, 4) is 0 Å². The van der Waals surface area contributed by atoms with Crippen molar-refractivity contribution in [2.24, 2.45) is 10.9 Å². The summed E-state index contributed by atoms with van der Waals surface area (Å²) in [7, 11) is 4.09. The minimum absolute atomic E-state index is 0.175. The number of amidine groups is 1. The van der Waals surface area contributed by atoms with E-state index in [1.165, 1.54) is 6.07 Å². The van der Waals surface area contributed by atoms with Crippen LogP contribution in [-0.4, -0.2) is 49.2 Å². The van der Waals surface area contributed by atoms with Gasteiger partial charge in [-0.15, -0.1) is 0 Å². The standard InChI is InChI=1S/C14H21FN4O/c1-18(2)10-5-4-8-19(9-10)12-7-3-6-11(15)13(12)14(16)17-20/h3,6-7,10,20H,4-5,8-9H2,1-2H3,(H2,16,17). The molecule has 2 rings (SSSR count). The van der Waals surface area contributed by atoms with Crippen molar-refractivity contribution < 1.29 is 9.60 Å². The number of hydrogen-bond donors (Lipinski definition) is 2. The molecule has 0 spiro atoms. The van der Waals surface area contributed by atoms with Gasteiger partial charge >= 0.3 is 0 Å². The van der Waals surface area contributed by atoms with E-state index in [-0.39, 0.29) is 11.4 Å². The number of oxime groups is 1. The van der Waals surface area contributed by atoms with Gasteiger partial charge in [-0.2, -0.15) is 0 Å². The molecule has 1 atom stereocenters. The van der Waals surface area contributed by atoms with Gasteiger partial charge in [-0.05, 0) is 39.1 Å². The number of hydrogen-bond acceptors (Lipinski definition) is 4. The Morgan fingerprint density at radius 2 is 2.25 bits per heavy atom. The molecule has 0 aromatic heterocycles. The second kappa shape index (κ2) is 6.09. The van der Waals surface area contributed by atoms with Crippen LogP contribution in [0.3, 0.4) is 0 Å². The van der Waals surface area contributed by atoms with Crippen LogP contribution in [0.1, 0.15) is 18.4 Å². The van der Waals surface area contributed by atoms with Crippen molar-refractivity contribution in [2.45, 2.75) is 18.9 Å². The first-order valence-electron chi connectivity index (χ1n) is 6.72. The largest absolute Gasteiger partial charge is 0.409 e. The van der Waals surface area contributed by atoms with Crippen molar-refractivity contribution in [3.63, 3.8) is 0 Å². The van der Waals surface area contributed by atoms with Crippen LogP contribution in [0.15, 0.2) is 23.4 Å². The highest BCUT2D eigenvalue weighted by atomic mass is 19.1. The second-order valence-electron chi connectivity index (χ2n) is 5.32. The SMILES string of the molecule is CN(C)C1CCCN(c2cccc(F)c2C(N)=NO)C1. The Kier molecular flexibility index (Phi) is 4.44. The Hall–Kier alpha value is -1.82. The Balaban J connectivity index is 2.35. The molecule has 5 nitrogen and oxygen atoms in total. The highest BCUT2D eigenvalue weighted by Crippen LogP contribution is 2.27. The van der Waals surface area contributed by atoms with E-state index in [9.17, 15) is 4.39 Å². The molecule has 1 aliphatic heterocycles. The van der Waals surface area contributed by atoms with E-state index >= 15 is 0 Å². The fourth-order valence-corrected chi connectivity index (χ4v) is 2.67. The average molecular weight is 280 g/mol. The van der Waals surface area contributed by atoms with Crippen molar-refractivity contribution in [1.29, 1.82) is 0 Å². The summed E-state index contributed by atoms with van der Waals surface area (Å²) in [6, 6.07) is 5.21. The Bertz CT molecular complexity index is 504. The molecule has 1 aliphatic rings. The lowest BCUT2D eigenvalue weighted by Gasteiger charge is -2.38. The highest BCUT2D eigenvalue weighted by molar-refractivity contribution is 6.02. The number of nitrogens with two attached hydrogens (primary N) is 1. The quantitative estimate of drug-likeness (QED) is 0.381. The summed E-state index contributed by atoms with van der Waals surface area (Å²) in [6.07, 6.45) is 2.16. The molecule has 0 saturated carbocycles. The molecule has 1 fully saturated rings. The van der Waals surface area contributed by atoms with Crippen molar-refractivity contribution in [3.05, 3.63) is 29.6 Å². The molecular formula is C14H21FN4O. The molecule has 0 bridgehead atoms. The maximum absolute atomic E-state index is 14.0. The topological polar surface area (TPSA) is 65.1 Å². The molecule has 0 radical (unpaired) electrons. The van der Waals surface area contributed by atoms with Crippen molar-refractivity contribution >= 4 is 11.5 Å². The molecule has 1 aromatic rings. The van der Waals surface area contributed by atoms with E-state index in [4.69, 9.17) is 10.9 Å². The van der Waals surface area contributed by atoms with Gasteiger partial charge in [0, 0.05) is 19.1 Å². The lowest BCUT2D eigenvalue weighted by molar-refractivity contribution is 0.258. The summed E-state index contributed by atoms with van der Waals surface area (Å²) in [4.78, 5) is 4.28. The van der Waals surface area contributed by atoms with E-state index in [0.717, 1.165) is 25.9 Å². The molecule has 1 aromatic carbocycles. The molecule has 6 heteroatoms. The minimum atomic E-state index is -0.468. The van der Waals surface area contributed by atoms with Gasteiger partial charge in [0.1, 0.15) is 5.82 Å². The maximum atomic E-state index is 14.0. The molecule has 20 heavy (non-hydrogen) atoms. The van der Waals surface area contributed by atoms with Gasteiger partial charge in [-0.3, -0.25) is 0 Å².